The summed E-state index contributed by atoms with van der Waals surface area (Å²) < 4.78 is 5.38. The number of anilines is 2. The molecule has 0 bridgehead atoms. The van der Waals surface area contributed by atoms with Crippen LogP contribution in [0.15, 0.2) is 30.5 Å². The number of halogens is 1. The summed E-state index contributed by atoms with van der Waals surface area (Å²) in [4.78, 5) is 19.2. The second kappa shape index (κ2) is 11.7. The second-order valence-electron chi connectivity index (χ2n) is 7.11. The molecule has 0 aliphatic carbocycles. The Morgan fingerprint density at radius 2 is 2.00 bits per heavy atom. The van der Waals surface area contributed by atoms with Crippen molar-refractivity contribution < 1.29 is 9.53 Å². The number of rotatable bonds is 6. The SMILES string of the molecule is C1CCNC1.O=CNc1cc(-c2cccc(NCC3CCOCC3)n2)c(Cl)cn1. The van der Waals surface area contributed by atoms with Gasteiger partial charge in [-0.05, 0) is 62.9 Å². The maximum Gasteiger partial charge on any atom is 0.212 e. The van der Waals surface area contributed by atoms with Gasteiger partial charge in [0.15, 0.2) is 0 Å². The predicted molar refractivity (Wildman–Crippen MR) is 116 cm³/mol. The van der Waals surface area contributed by atoms with Crippen LogP contribution in [0.25, 0.3) is 11.3 Å². The normalized spacial score (nSPS) is 16.6. The summed E-state index contributed by atoms with van der Waals surface area (Å²) in [5, 5.41) is 9.62. The van der Waals surface area contributed by atoms with Gasteiger partial charge in [0.1, 0.15) is 11.6 Å². The topological polar surface area (TPSA) is 88.2 Å². The van der Waals surface area contributed by atoms with Gasteiger partial charge in [-0.15, -0.1) is 0 Å². The highest BCUT2D eigenvalue weighted by molar-refractivity contribution is 6.33. The van der Waals surface area contributed by atoms with E-state index in [1.807, 2.05) is 18.2 Å². The highest BCUT2D eigenvalue weighted by Crippen LogP contribution is 2.28. The second-order valence-corrected chi connectivity index (χ2v) is 7.52. The van der Waals surface area contributed by atoms with E-state index in [9.17, 15) is 4.79 Å². The van der Waals surface area contributed by atoms with Crippen molar-refractivity contribution in [3.8, 4) is 11.3 Å². The number of carbonyl (C=O) groups is 1. The highest BCUT2D eigenvalue weighted by atomic mass is 35.5. The van der Waals surface area contributed by atoms with Gasteiger partial charge in [0.05, 0.1) is 10.7 Å². The Labute approximate surface area is 176 Å². The van der Waals surface area contributed by atoms with E-state index in [2.05, 4.69) is 25.9 Å². The van der Waals surface area contributed by atoms with Gasteiger partial charge >= 0.3 is 0 Å². The van der Waals surface area contributed by atoms with E-state index >= 15 is 0 Å². The van der Waals surface area contributed by atoms with Gasteiger partial charge in [-0.3, -0.25) is 4.79 Å². The number of nitrogens with one attached hydrogen (secondary N) is 3. The molecule has 4 heterocycles. The molecule has 29 heavy (non-hydrogen) atoms. The molecular weight excluding hydrogens is 390 g/mol. The van der Waals surface area contributed by atoms with Crippen LogP contribution in [0.5, 0.6) is 0 Å². The largest absolute Gasteiger partial charge is 0.381 e. The number of carbonyl (C=O) groups excluding carboxylic acids is 1. The summed E-state index contributed by atoms with van der Waals surface area (Å²) in [6, 6.07) is 7.45. The van der Waals surface area contributed by atoms with E-state index in [0.29, 0.717) is 23.2 Å². The molecule has 0 spiro atoms. The molecule has 2 saturated heterocycles. The van der Waals surface area contributed by atoms with Crippen LogP contribution < -0.4 is 16.0 Å². The Bertz CT molecular complexity index is 772. The molecule has 3 N–H and O–H groups in total. The molecule has 0 radical (unpaired) electrons. The highest BCUT2D eigenvalue weighted by Gasteiger charge is 2.14. The van der Waals surface area contributed by atoms with Crippen molar-refractivity contribution in [2.45, 2.75) is 25.7 Å². The Morgan fingerprint density at radius 1 is 1.21 bits per heavy atom. The van der Waals surface area contributed by atoms with Gasteiger partial charge in [0.2, 0.25) is 6.41 Å². The Hall–Kier alpha value is -2.22. The first-order chi connectivity index (χ1) is 14.3. The van der Waals surface area contributed by atoms with Crippen LogP contribution in [0.2, 0.25) is 5.02 Å². The van der Waals surface area contributed by atoms with Crippen molar-refractivity contribution in [2.75, 3.05) is 43.5 Å². The first-order valence-corrected chi connectivity index (χ1v) is 10.5. The first kappa shape index (κ1) is 21.5. The van der Waals surface area contributed by atoms with Crippen molar-refractivity contribution in [1.29, 1.82) is 0 Å². The summed E-state index contributed by atoms with van der Waals surface area (Å²) in [5.41, 5.74) is 1.46. The van der Waals surface area contributed by atoms with E-state index in [1.165, 1.54) is 32.1 Å². The molecule has 2 aliphatic rings. The average molecular weight is 418 g/mol. The number of pyridine rings is 2. The van der Waals surface area contributed by atoms with Crippen molar-refractivity contribution in [3.05, 3.63) is 35.5 Å². The van der Waals surface area contributed by atoms with Gasteiger partial charge in [-0.25, -0.2) is 9.97 Å². The van der Waals surface area contributed by atoms with Gasteiger partial charge in [-0.1, -0.05) is 17.7 Å². The molecule has 8 heteroatoms. The predicted octanol–water partition coefficient (Wildman–Crippen LogP) is 3.57. The zero-order valence-electron chi connectivity index (χ0n) is 16.5. The smallest absolute Gasteiger partial charge is 0.212 e. The fourth-order valence-corrected chi connectivity index (χ4v) is 3.48. The van der Waals surface area contributed by atoms with Crippen LogP contribution in [0.3, 0.4) is 0 Å². The minimum absolute atomic E-state index is 0.437. The molecule has 0 saturated carbocycles. The van der Waals surface area contributed by atoms with Crippen LogP contribution in [-0.4, -0.2) is 49.2 Å². The third-order valence-electron chi connectivity index (χ3n) is 4.96. The molecule has 2 aliphatic heterocycles. The van der Waals surface area contributed by atoms with Crippen LogP contribution in [0.1, 0.15) is 25.7 Å². The number of nitrogens with zero attached hydrogens (tertiary/aromatic N) is 2. The van der Waals surface area contributed by atoms with E-state index in [0.717, 1.165) is 49.7 Å². The lowest BCUT2D eigenvalue weighted by Gasteiger charge is -2.22. The zero-order valence-corrected chi connectivity index (χ0v) is 17.3. The summed E-state index contributed by atoms with van der Waals surface area (Å²) in [5.74, 6) is 1.85. The van der Waals surface area contributed by atoms with Gasteiger partial charge < -0.3 is 20.7 Å². The van der Waals surface area contributed by atoms with Crippen LogP contribution in [0, 0.1) is 5.92 Å². The van der Waals surface area contributed by atoms with Gasteiger partial charge in [0.25, 0.3) is 0 Å². The van der Waals surface area contributed by atoms with Crippen molar-refractivity contribution in [1.82, 2.24) is 15.3 Å². The molecule has 7 nitrogen and oxygen atoms in total. The zero-order chi connectivity index (χ0) is 20.3. The average Bonchev–Trinajstić information content (AvgIpc) is 3.35. The standard InChI is InChI=1S/C17H19ClN4O2.C4H9N/c18-14-10-20-17(21-11-23)8-13(14)15-2-1-3-16(22-15)19-9-12-4-6-24-7-5-12;1-2-4-5-3-1/h1-3,8,10-12H,4-7,9H2,(H,19,22)(H,20,21,23);5H,1-4H2. The summed E-state index contributed by atoms with van der Waals surface area (Å²) in [7, 11) is 0. The third-order valence-corrected chi connectivity index (χ3v) is 5.26. The fraction of sp³-hybridized carbons (Fsp3) is 0.476. The fourth-order valence-electron chi connectivity index (χ4n) is 3.28. The van der Waals surface area contributed by atoms with Gasteiger partial charge in [0, 0.05) is 31.5 Å². The number of amides is 1. The molecule has 156 valence electrons. The van der Waals surface area contributed by atoms with Gasteiger partial charge in [-0.2, -0.15) is 0 Å². The molecule has 2 aromatic heterocycles. The van der Waals surface area contributed by atoms with Crippen LogP contribution in [0.4, 0.5) is 11.6 Å². The molecule has 2 fully saturated rings. The van der Waals surface area contributed by atoms with Crippen LogP contribution >= 0.6 is 11.6 Å². The van der Waals surface area contributed by atoms with E-state index < -0.39 is 0 Å². The molecule has 1 amide bonds. The Morgan fingerprint density at radius 3 is 2.69 bits per heavy atom. The molecule has 0 aromatic carbocycles. The number of hydrogen-bond donors (Lipinski definition) is 3. The first-order valence-electron chi connectivity index (χ1n) is 10.1. The number of ether oxygens (including phenoxy) is 1. The lowest BCUT2D eigenvalue weighted by molar-refractivity contribution is -0.105. The quantitative estimate of drug-likeness (QED) is 0.622. The molecular formula is C21H28ClN5O2. The molecule has 0 atom stereocenters. The van der Waals surface area contributed by atoms with E-state index in [-0.39, 0.29) is 0 Å². The monoisotopic (exact) mass is 417 g/mol. The maximum absolute atomic E-state index is 10.6. The lowest BCUT2D eigenvalue weighted by atomic mass is 10.0. The lowest BCUT2D eigenvalue weighted by Crippen LogP contribution is -2.22. The van der Waals surface area contributed by atoms with E-state index in [4.69, 9.17) is 16.3 Å². The summed E-state index contributed by atoms with van der Waals surface area (Å²) in [6.45, 7) is 5.04. The third kappa shape index (κ3) is 6.96. The maximum atomic E-state index is 10.6. The minimum Gasteiger partial charge on any atom is -0.381 e. The summed E-state index contributed by atoms with van der Waals surface area (Å²) in [6.07, 6.45) is 7.01. The van der Waals surface area contributed by atoms with Crippen molar-refractivity contribution in [3.63, 3.8) is 0 Å². The molecule has 0 unspecified atom stereocenters. The Kier molecular flexibility index (Phi) is 8.67. The summed E-state index contributed by atoms with van der Waals surface area (Å²) >= 11 is 6.23. The van der Waals surface area contributed by atoms with Crippen LogP contribution in [-0.2, 0) is 9.53 Å². The van der Waals surface area contributed by atoms with Crippen molar-refractivity contribution >= 4 is 29.6 Å². The number of hydrogen-bond acceptors (Lipinski definition) is 6. The van der Waals surface area contributed by atoms with E-state index in [1.54, 1.807) is 6.07 Å². The molecule has 4 rings (SSSR count). The minimum atomic E-state index is 0.437. The Balaban J connectivity index is 0.000000419. The molecule has 2 aromatic rings. The number of aromatic nitrogens is 2. The van der Waals surface area contributed by atoms with Crippen molar-refractivity contribution in [2.24, 2.45) is 5.92 Å².